The summed E-state index contributed by atoms with van der Waals surface area (Å²) in [6.07, 6.45) is 3.26. The van der Waals surface area contributed by atoms with Crippen molar-refractivity contribution < 1.29 is 9.53 Å². The van der Waals surface area contributed by atoms with Gasteiger partial charge in [0.05, 0.1) is 11.5 Å². The Balaban J connectivity index is 1.36. The number of ether oxygens (including phenoxy) is 1. The van der Waals surface area contributed by atoms with Crippen LogP contribution in [0.3, 0.4) is 0 Å². The third kappa shape index (κ3) is 2.57. The maximum atomic E-state index is 12.0. The van der Waals surface area contributed by atoms with Gasteiger partial charge in [-0.1, -0.05) is 0 Å². The molecule has 1 amide bonds. The van der Waals surface area contributed by atoms with Crippen molar-refractivity contribution in [3.8, 4) is 0 Å². The molecule has 0 bridgehead atoms. The monoisotopic (exact) mass is 329 g/mol. The Morgan fingerprint density at radius 1 is 1.42 bits per heavy atom. The Labute approximate surface area is 141 Å². The highest BCUT2D eigenvalue weighted by Gasteiger charge is 2.57. The first-order valence-corrected chi connectivity index (χ1v) is 8.49. The summed E-state index contributed by atoms with van der Waals surface area (Å²) in [7, 11) is 2.08. The van der Waals surface area contributed by atoms with Crippen LogP contribution in [0, 0.1) is 17.8 Å². The van der Waals surface area contributed by atoms with E-state index >= 15 is 0 Å². The van der Waals surface area contributed by atoms with Gasteiger partial charge in [-0.15, -0.1) is 0 Å². The number of aromatic nitrogens is 3. The van der Waals surface area contributed by atoms with Gasteiger partial charge in [0.1, 0.15) is 17.8 Å². The van der Waals surface area contributed by atoms with Crippen molar-refractivity contribution in [2.75, 3.05) is 31.6 Å². The molecule has 3 atom stereocenters. The molecule has 0 unspecified atom stereocenters. The molecule has 2 aromatic heterocycles. The Bertz CT molecular complexity index is 746. The highest BCUT2D eigenvalue weighted by Crippen LogP contribution is 2.52. The molecule has 1 aliphatic heterocycles. The molecule has 128 valence electrons. The largest absolute Gasteiger partial charge is 0.447 e. The van der Waals surface area contributed by atoms with Crippen molar-refractivity contribution in [3.05, 3.63) is 18.6 Å². The lowest BCUT2D eigenvalue weighted by molar-refractivity contribution is 0.0791. The molecule has 0 spiro atoms. The van der Waals surface area contributed by atoms with E-state index in [4.69, 9.17) is 4.74 Å². The minimum absolute atomic E-state index is 0.0575. The number of fused-ring (bicyclic) bond motifs is 2. The van der Waals surface area contributed by atoms with Crippen LogP contribution in [0.2, 0.25) is 0 Å². The third-order valence-electron chi connectivity index (χ3n) is 5.15. The predicted octanol–water partition coefficient (Wildman–Crippen LogP) is 2.12. The van der Waals surface area contributed by atoms with Crippen LogP contribution in [0.25, 0.3) is 11.0 Å². The van der Waals surface area contributed by atoms with Gasteiger partial charge < -0.3 is 19.5 Å². The van der Waals surface area contributed by atoms with Gasteiger partial charge in [0.2, 0.25) is 0 Å². The fourth-order valence-electron chi connectivity index (χ4n) is 3.91. The Morgan fingerprint density at radius 3 is 2.88 bits per heavy atom. The molecule has 2 fully saturated rings. The number of carbonyl (C=O) groups excluding carboxylic acids is 1. The van der Waals surface area contributed by atoms with Gasteiger partial charge in [0, 0.05) is 32.9 Å². The number of rotatable bonds is 4. The lowest BCUT2D eigenvalue weighted by Crippen LogP contribution is -2.35. The summed E-state index contributed by atoms with van der Waals surface area (Å²) in [5.41, 5.74) is 0.866. The van der Waals surface area contributed by atoms with E-state index in [1.807, 2.05) is 31.0 Å². The smallest absolute Gasteiger partial charge is 0.410 e. The summed E-state index contributed by atoms with van der Waals surface area (Å²) in [5.74, 6) is 2.77. The highest BCUT2D eigenvalue weighted by molar-refractivity contribution is 5.87. The van der Waals surface area contributed by atoms with Crippen molar-refractivity contribution in [2.24, 2.45) is 17.8 Å². The van der Waals surface area contributed by atoms with Gasteiger partial charge in [-0.25, -0.2) is 14.8 Å². The van der Waals surface area contributed by atoms with E-state index in [2.05, 4.69) is 26.9 Å². The van der Waals surface area contributed by atoms with Crippen LogP contribution in [0.1, 0.15) is 13.8 Å². The van der Waals surface area contributed by atoms with E-state index in [1.165, 1.54) is 0 Å². The van der Waals surface area contributed by atoms with E-state index in [0.717, 1.165) is 36.5 Å². The highest BCUT2D eigenvalue weighted by atomic mass is 16.6. The fourth-order valence-corrected chi connectivity index (χ4v) is 3.91. The molecule has 1 saturated heterocycles. The second-order valence-electron chi connectivity index (χ2n) is 7.15. The van der Waals surface area contributed by atoms with Crippen LogP contribution in [0.15, 0.2) is 18.6 Å². The van der Waals surface area contributed by atoms with E-state index in [-0.39, 0.29) is 12.2 Å². The summed E-state index contributed by atoms with van der Waals surface area (Å²) < 4.78 is 5.28. The Hall–Kier alpha value is -2.31. The molecule has 3 heterocycles. The number of hydrogen-bond donors (Lipinski definition) is 1. The maximum Gasteiger partial charge on any atom is 0.410 e. The number of piperidine rings is 1. The van der Waals surface area contributed by atoms with E-state index in [0.29, 0.717) is 17.8 Å². The van der Waals surface area contributed by atoms with Crippen molar-refractivity contribution in [2.45, 2.75) is 20.0 Å². The number of likely N-dealkylation sites (tertiary alicyclic amines) is 1. The van der Waals surface area contributed by atoms with Crippen molar-refractivity contribution in [1.82, 2.24) is 19.9 Å². The fraction of sp³-hybridized carbons (Fsp3) is 0.588. The lowest BCUT2D eigenvalue weighted by Gasteiger charge is -2.23. The van der Waals surface area contributed by atoms with E-state index in [1.54, 1.807) is 6.33 Å². The maximum absolute atomic E-state index is 12.0. The number of nitrogens with zero attached hydrogens (tertiary/aromatic N) is 4. The lowest BCUT2D eigenvalue weighted by atomic mass is 10.2. The zero-order chi connectivity index (χ0) is 16.8. The molecule has 1 aliphatic carbocycles. The third-order valence-corrected chi connectivity index (χ3v) is 5.15. The summed E-state index contributed by atoms with van der Waals surface area (Å²) in [6.45, 7) is 6.36. The zero-order valence-corrected chi connectivity index (χ0v) is 14.3. The minimum atomic E-state index is -0.172. The van der Waals surface area contributed by atoms with Crippen LogP contribution in [0.5, 0.6) is 0 Å². The molecular formula is C17H23N5O2. The molecule has 24 heavy (non-hydrogen) atoms. The number of hydrogen-bond acceptors (Lipinski definition) is 5. The predicted molar refractivity (Wildman–Crippen MR) is 90.8 cm³/mol. The van der Waals surface area contributed by atoms with Gasteiger partial charge >= 0.3 is 6.09 Å². The molecule has 7 nitrogen and oxygen atoms in total. The molecule has 1 saturated carbocycles. The first-order chi connectivity index (χ1) is 11.5. The molecule has 2 aliphatic rings. The molecule has 1 N–H and O–H groups in total. The Kier molecular flexibility index (Phi) is 3.58. The number of nitrogens with one attached hydrogen (secondary N) is 1. The number of aromatic amines is 1. The standard InChI is InChI=1S/C17H23N5O2/c1-10(2)24-17(23)22-7-13-12(14(13)8-22)6-21(3)16-11-4-5-18-15(11)19-9-20-16/h4-5,9-10,12-14H,6-8H2,1-3H3,(H,18,19,20)/t12-,13+,14-. The average Bonchev–Trinajstić information content (AvgIpc) is 2.98. The van der Waals surface area contributed by atoms with Crippen LogP contribution in [0.4, 0.5) is 10.6 Å². The normalized spacial score (nSPS) is 25.2. The molecular weight excluding hydrogens is 306 g/mol. The van der Waals surface area contributed by atoms with Crippen LogP contribution in [-0.2, 0) is 4.74 Å². The minimum Gasteiger partial charge on any atom is -0.447 e. The summed E-state index contributed by atoms with van der Waals surface area (Å²) in [6, 6.07) is 2.01. The number of amides is 1. The topological polar surface area (TPSA) is 74.3 Å². The molecule has 0 aromatic carbocycles. The van der Waals surface area contributed by atoms with Crippen LogP contribution < -0.4 is 4.90 Å². The first-order valence-electron chi connectivity index (χ1n) is 8.49. The van der Waals surface area contributed by atoms with E-state index in [9.17, 15) is 4.79 Å². The second-order valence-corrected chi connectivity index (χ2v) is 7.15. The number of anilines is 1. The first kappa shape index (κ1) is 15.2. The van der Waals surface area contributed by atoms with Gasteiger partial charge in [0.15, 0.2) is 0 Å². The summed E-state index contributed by atoms with van der Waals surface area (Å²) in [4.78, 5) is 27.8. The molecule has 4 rings (SSSR count). The zero-order valence-electron chi connectivity index (χ0n) is 14.3. The van der Waals surface area contributed by atoms with Gasteiger partial charge in [0.25, 0.3) is 0 Å². The van der Waals surface area contributed by atoms with E-state index < -0.39 is 0 Å². The molecule has 2 aromatic rings. The van der Waals surface area contributed by atoms with Gasteiger partial charge in [-0.3, -0.25) is 0 Å². The quantitative estimate of drug-likeness (QED) is 0.930. The van der Waals surface area contributed by atoms with Crippen molar-refractivity contribution in [3.63, 3.8) is 0 Å². The van der Waals surface area contributed by atoms with Crippen LogP contribution in [-0.4, -0.2) is 58.7 Å². The number of H-pyrrole nitrogens is 1. The average molecular weight is 329 g/mol. The second kappa shape index (κ2) is 5.65. The molecule has 0 radical (unpaired) electrons. The van der Waals surface area contributed by atoms with Crippen molar-refractivity contribution >= 4 is 22.9 Å². The number of carbonyl (C=O) groups is 1. The van der Waals surface area contributed by atoms with Gasteiger partial charge in [-0.2, -0.15) is 0 Å². The van der Waals surface area contributed by atoms with Crippen LogP contribution >= 0.6 is 0 Å². The van der Waals surface area contributed by atoms with Crippen molar-refractivity contribution in [1.29, 1.82) is 0 Å². The Morgan fingerprint density at radius 2 is 2.17 bits per heavy atom. The summed E-state index contributed by atoms with van der Waals surface area (Å²) in [5, 5.41) is 1.05. The summed E-state index contributed by atoms with van der Waals surface area (Å²) >= 11 is 0. The SMILES string of the molecule is CC(C)OC(=O)N1C[C@@H]2[C@H](C1)[C@@H]2CN(C)c1ncnc2[nH]ccc12. The van der Waals surface area contributed by atoms with Gasteiger partial charge in [-0.05, 0) is 37.7 Å². The molecule has 7 heteroatoms.